The van der Waals surface area contributed by atoms with E-state index < -0.39 is 7.14 Å². The Kier molecular flexibility index (Phi) is 5.28. The fourth-order valence-corrected chi connectivity index (χ4v) is 7.43. The molecule has 0 bridgehead atoms. The Labute approximate surface area is 187 Å². The molecule has 0 aliphatic carbocycles. The van der Waals surface area contributed by atoms with Gasteiger partial charge in [-0.2, -0.15) is 0 Å². The first kappa shape index (κ1) is 19.9. The van der Waals surface area contributed by atoms with E-state index in [4.69, 9.17) is 16.3 Å². The Morgan fingerprint density at radius 1 is 0.677 bits per heavy atom. The highest BCUT2D eigenvalue weighted by atomic mass is 35.5. The molecule has 0 radical (unpaired) electrons. The molecule has 0 fully saturated rings. The zero-order chi connectivity index (χ0) is 21.3. The molecular formula is C27H20ClO2P. The zero-order valence-corrected chi connectivity index (χ0v) is 18.3. The highest BCUT2D eigenvalue weighted by Gasteiger charge is 2.40. The van der Waals surface area contributed by atoms with Crippen molar-refractivity contribution in [3.63, 3.8) is 0 Å². The molecule has 152 valence electrons. The minimum absolute atomic E-state index is 0.381. The fourth-order valence-electron chi connectivity index (χ4n) is 4.08. The van der Waals surface area contributed by atoms with Crippen LogP contribution in [0.3, 0.4) is 0 Å². The molecule has 0 N–H and O–H groups in total. The summed E-state index contributed by atoms with van der Waals surface area (Å²) in [5.74, 6) is 1.33. The van der Waals surface area contributed by atoms with Gasteiger partial charge in [-0.05, 0) is 24.3 Å². The van der Waals surface area contributed by atoms with Gasteiger partial charge in [0.15, 0.2) is 7.14 Å². The van der Waals surface area contributed by atoms with Crippen LogP contribution in [0.2, 0.25) is 5.02 Å². The topological polar surface area (TPSA) is 26.3 Å². The molecule has 4 aromatic carbocycles. The molecule has 2 nitrogen and oxygen atoms in total. The lowest BCUT2D eigenvalue weighted by molar-refractivity contribution is 0.494. The number of allylic oxidation sites excluding steroid dienone is 1. The first-order chi connectivity index (χ1) is 15.2. The minimum Gasteiger partial charge on any atom is -0.457 e. The molecule has 0 spiro atoms. The Balaban J connectivity index is 1.78. The van der Waals surface area contributed by atoms with Crippen molar-refractivity contribution in [3.05, 3.63) is 131 Å². The van der Waals surface area contributed by atoms with Gasteiger partial charge in [0.05, 0.1) is 10.7 Å². The Bertz CT molecular complexity index is 1260. The highest BCUT2D eigenvalue weighted by molar-refractivity contribution is 7.79. The van der Waals surface area contributed by atoms with Gasteiger partial charge >= 0.3 is 0 Å². The fraction of sp³-hybridized carbons (Fsp3) is 0.0370. The van der Waals surface area contributed by atoms with E-state index >= 15 is 4.57 Å². The van der Waals surface area contributed by atoms with Crippen molar-refractivity contribution in [3.8, 4) is 5.75 Å². The third-order valence-electron chi connectivity index (χ3n) is 5.58. The van der Waals surface area contributed by atoms with Crippen LogP contribution in [-0.2, 0) is 4.57 Å². The molecule has 0 saturated carbocycles. The van der Waals surface area contributed by atoms with Crippen molar-refractivity contribution in [1.29, 1.82) is 0 Å². The standard InChI is InChI=1S/C27H20ClO2P/c28-24-17-9-7-15-22(24)26-19-27(23-16-8-10-18-25(23)30-26)31(29,20-11-3-1-4-12-20)21-13-5-2-6-14-21/h1-19,27H. The van der Waals surface area contributed by atoms with Crippen molar-refractivity contribution < 1.29 is 9.30 Å². The quantitative estimate of drug-likeness (QED) is 0.324. The van der Waals surface area contributed by atoms with Crippen LogP contribution < -0.4 is 15.3 Å². The first-order valence-corrected chi connectivity index (χ1v) is 12.3. The van der Waals surface area contributed by atoms with Gasteiger partial charge in [0.1, 0.15) is 11.5 Å². The maximum atomic E-state index is 15.1. The average molecular weight is 443 g/mol. The SMILES string of the molecule is O=P(c1ccccc1)(c1ccccc1)C1C=C(c2ccccc2Cl)Oc2ccccc21. The number of ether oxygens (including phenoxy) is 1. The molecule has 5 rings (SSSR count). The number of rotatable bonds is 4. The summed E-state index contributed by atoms with van der Waals surface area (Å²) in [6.45, 7) is 0. The predicted octanol–water partition coefficient (Wildman–Crippen LogP) is 6.83. The van der Waals surface area contributed by atoms with Gasteiger partial charge in [0.2, 0.25) is 0 Å². The highest BCUT2D eigenvalue weighted by Crippen LogP contribution is 2.61. The van der Waals surface area contributed by atoms with E-state index in [1.807, 2.05) is 115 Å². The molecule has 1 unspecified atom stereocenters. The molecule has 4 aromatic rings. The number of para-hydroxylation sites is 1. The second-order valence-corrected chi connectivity index (χ2v) is 10.7. The number of hydrogen-bond donors (Lipinski definition) is 0. The average Bonchev–Trinajstić information content (AvgIpc) is 2.84. The number of hydrogen-bond acceptors (Lipinski definition) is 2. The number of halogens is 1. The van der Waals surface area contributed by atoms with E-state index in [1.165, 1.54) is 0 Å². The maximum absolute atomic E-state index is 15.1. The van der Waals surface area contributed by atoms with Crippen molar-refractivity contribution in [1.82, 2.24) is 0 Å². The summed E-state index contributed by atoms with van der Waals surface area (Å²) in [5, 5.41) is 2.23. The Morgan fingerprint density at radius 3 is 1.87 bits per heavy atom. The van der Waals surface area contributed by atoms with Crippen molar-refractivity contribution in [2.45, 2.75) is 5.66 Å². The molecule has 31 heavy (non-hydrogen) atoms. The second-order valence-electron chi connectivity index (χ2n) is 7.42. The van der Waals surface area contributed by atoms with E-state index in [9.17, 15) is 0 Å². The molecule has 1 heterocycles. The van der Waals surface area contributed by atoms with Crippen LogP contribution in [0.1, 0.15) is 16.8 Å². The monoisotopic (exact) mass is 442 g/mol. The molecular weight excluding hydrogens is 423 g/mol. The van der Waals surface area contributed by atoms with E-state index in [1.54, 1.807) is 0 Å². The number of fused-ring (bicyclic) bond motifs is 1. The van der Waals surface area contributed by atoms with Crippen LogP contribution >= 0.6 is 18.7 Å². The van der Waals surface area contributed by atoms with Crippen LogP contribution in [0.4, 0.5) is 0 Å². The lowest BCUT2D eigenvalue weighted by atomic mass is 10.0. The van der Waals surface area contributed by atoms with E-state index in [-0.39, 0.29) is 5.66 Å². The molecule has 0 aromatic heterocycles. The van der Waals surface area contributed by atoms with Gasteiger partial charge in [-0.15, -0.1) is 0 Å². The Hall–Kier alpha value is -3.06. The summed E-state index contributed by atoms with van der Waals surface area (Å²) in [6, 6.07) is 34.9. The summed E-state index contributed by atoms with van der Waals surface area (Å²) in [6.07, 6.45) is 1.98. The summed E-state index contributed by atoms with van der Waals surface area (Å²) in [4.78, 5) is 0. The Morgan fingerprint density at radius 2 is 1.23 bits per heavy atom. The van der Waals surface area contributed by atoms with Crippen LogP contribution in [0.15, 0.2) is 115 Å². The van der Waals surface area contributed by atoms with Crippen LogP contribution in [0, 0.1) is 0 Å². The van der Waals surface area contributed by atoms with Gasteiger partial charge < -0.3 is 9.30 Å². The van der Waals surface area contributed by atoms with Crippen molar-refractivity contribution >= 4 is 35.1 Å². The lowest BCUT2D eigenvalue weighted by Gasteiger charge is -2.32. The predicted molar refractivity (Wildman–Crippen MR) is 129 cm³/mol. The summed E-state index contributed by atoms with van der Waals surface area (Å²) >= 11 is 6.49. The summed E-state index contributed by atoms with van der Waals surface area (Å²) in [5.41, 5.74) is 1.32. The summed E-state index contributed by atoms with van der Waals surface area (Å²) in [7, 11) is -3.10. The molecule has 0 saturated heterocycles. The molecule has 1 atom stereocenters. The zero-order valence-electron chi connectivity index (χ0n) is 16.7. The molecule has 1 aliphatic heterocycles. The summed E-state index contributed by atoms with van der Waals surface area (Å²) < 4.78 is 21.3. The van der Waals surface area contributed by atoms with Gasteiger partial charge in [-0.25, -0.2) is 0 Å². The van der Waals surface area contributed by atoms with Crippen LogP contribution in [0.25, 0.3) is 5.76 Å². The normalized spacial score (nSPS) is 15.5. The van der Waals surface area contributed by atoms with E-state index in [0.717, 1.165) is 21.7 Å². The number of benzene rings is 4. The van der Waals surface area contributed by atoms with Gasteiger partial charge in [0.25, 0.3) is 0 Å². The lowest BCUT2D eigenvalue weighted by Crippen LogP contribution is -2.23. The van der Waals surface area contributed by atoms with E-state index in [2.05, 4.69) is 0 Å². The van der Waals surface area contributed by atoms with E-state index in [0.29, 0.717) is 16.5 Å². The van der Waals surface area contributed by atoms with Crippen LogP contribution in [0.5, 0.6) is 5.75 Å². The smallest absolute Gasteiger partial charge is 0.154 e. The third kappa shape index (κ3) is 3.53. The first-order valence-electron chi connectivity index (χ1n) is 10.1. The molecule has 1 aliphatic rings. The van der Waals surface area contributed by atoms with Crippen LogP contribution in [-0.4, -0.2) is 0 Å². The maximum Gasteiger partial charge on any atom is 0.154 e. The molecule has 0 amide bonds. The van der Waals surface area contributed by atoms with Gasteiger partial charge in [0, 0.05) is 21.7 Å². The van der Waals surface area contributed by atoms with Crippen molar-refractivity contribution in [2.75, 3.05) is 0 Å². The van der Waals surface area contributed by atoms with Gasteiger partial charge in [-0.3, -0.25) is 0 Å². The minimum atomic E-state index is -3.10. The second kappa shape index (κ2) is 8.23. The van der Waals surface area contributed by atoms with Gasteiger partial charge in [-0.1, -0.05) is 103 Å². The molecule has 4 heteroatoms. The van der Waals surface area contributed by atoms with Crippen molar-refractivity contribution in [2.24, 2.45) is 0 Å². The third-order valence-corrected chi connectivity index (χ3v) is 9.25. The largest absolute Gasteiger partial charge is 0.457 e.